The Morgan fingerprint density at radius 3 is 2.19 bits per heavy atom. The molecule has 0 saturated heterocycles. The van der Waals surface area contributed by atoms with Crippen LogP contribution in [0.5, 0.6) is 11.5 Å². The van der Waals surface area contributed by atoms with E-state index >= 15 is 0 Å². The van der Waals surface area contributed by atoms with Crippen molar-refractivity contribution < 1.29 is 28.6 Å². The van der Waals surface area contributed by atoms with Gasteiger partial charge in [0, 0.05) is 18.7 Å². The molecule has 2 N–H and O–H groups in total. The third-order valence-corrected chi connectivity index (χ3v) is 4.53. The minimum Gasteiger partial charge on any atom is -0.483 e. The number of rotatable bonds is 9. The van der Waals surface area contributed by atoms with Crippen LogP contribution in [0.25, 0.3) is 0 Å². The predicted molar refractivity (Wildman–Crippen MR) is 116 cm³/mol. The van der Waals surface area contributed by atoms with Crippen LogP contribution in [0.15, 0.2) is 36.4 Å². The molecule has 0 aliphatic carbocycles. The maximum absolute atomic E-state index is 12.2. The van der Waals surface area contributed by atoms with Gasteiger partial charge in [0.05, 0.1) is 6.61 Å². The largest absolute Gasteiger partial charge is 0.513 e. The fraction of sp³-hybridized carbons (Fsp3) is 0.348. The normalized spacial score (nSPS) is 10.2. The van der Waals surface area contributed by atoms with E-state index in [0.717, 1.165) is 22.4 Å². The number of ether oxygens (including phenoxy) is 3. The molecule has 0 radical (unpaired) electrons. The standard InChI is InChI=1S/C23H28N2O6/c1-5-29-23(28)31-19-10-8-18(9-11-19)22(27)25-13-12-24-20(26)14-30-21-16(3)7-6-15(2)17(21)4/h6-11H,5,12-14H2,1-4H3,(H,24,26)(H,25,27). The molecule has 0 heterocycles. The lowest BCUT2D eigenvalue weighted by atomic mass is 10.1. The molecule has 2 aromatic rings. The summed E-state index contributed by atoms with van der Waals surface area (Å²) in [5.74, 6) is 0.425. The lowest BCUT2D eigenvalue weighted by Gasteiger charge is -2.14. The van der Waals surface area contributed by atoms with Crippen LogP contribution >= 0.6 is 0 Å². The summed E-state index contributed by atoms with van der Waals surface area (Å²) in [6.07, 6.45) is -0.799. The fourth-order valence-corrected chi connectivity index (χ4v) is 2.73. The number of nitrogens with one attached hydrogen (secondary N) is 2. The van der Waals surface area contributed by atoms with E-state index in [-0.39, 0.29) is 43.9 Å². The monoisotopic (exact) mass is 428 g/mol. The molecular formula is C23H28N2O6. The first-order valence-corrected chi connectivity index (χ1v) is 10.0. The van der Waals surface area contributed by atoms with E-state index in [9.17, 15) is 14.4 Å². The van der Waals surface area contributed by atoms with E-state index in [4.69, 9.17) is 9.47 Å². The van der Waals surface area contributed by atoms with Gasteiger partial charge in [-0.05, 0) is 68.7 Å². The van der Waals surface area contributed by atoms with Crippen LogP contribution < -0.4 is 20.1 Å². The van der Waals surface area contributed by atoms with Crippen molar-refractivity contribution in [3.8, 4) is 11.5 Å². The molecule has 2 amide bonds. The summed E-state index contributed by atoms with van der Waals surface area (Å²) in [6, 6.07) is 10.0. The van der Waals surface area contributed by atoms with Gasteiger partial charge in [0.15, 0.2) is 6.61 Å². The van der Waals surface area contributed by atoms with Gasteiger partial charge >= 0.3 is 6.16 Å². The minimum absolute atomic E-state index is 0.0962. The zero-order valence-corrected chi connectivity index (χ0v) is 18.2. The minimum atomic E-state index is -0.799. The summed E-state index contributed by atoms with van der Waals surface area (Å²) in [5.41, 5.74) is 3.49. The molecule has 2 aromatic carbocycles. The molecule has 0 spiro atoms. The van der Waals surface area contributed by atoms with Gasteiger partial charge in [-0.1, -0.05) is 12.1 Å². The average Bonchev–Trinajstić information content (AvgIpc) is 2.74. The highest BCUT2D eigenvalue weighted by Gasteiger charge is 2.10. The van der Waals surface area contributed by atoms with Crippen LogP contribution in [0.2, 0.25) is 0 Å². The molecular weight excluding hydrogens is 400 g/mol. The molecule has 166 valence electrons. The fourth-order valence-electron chi connectivity index (χ4n) is 2.73. The number of benzene rings is 2. The quantitative estimate of drug-likeness (QED) is 0.361. The van der Waals surface area contributed by atoms with Crippen LogP contribution in [-0.2, 0) is 9.53 Å². The summed E-state index contributed by atoms with van der Waals surface area (Å²) in [6.45, 7) is 8.21. The van der Waals surface area contributed by atoms with Crippen molar-refractivity contribution in [1.29, 1.82) is 0 Å². The zero-order valence-electron chi connectivity index (χ0n) is 18.2. The Bertz CT molecular complexity index is 924. The number of aryl methyl sites for hydroxylation is 2. The molecule has 0 aliphatic rings. The summed E-state index contributed by atoms with van der Waals surface area (Å²) in [7, 11) is 0. The van der Waals surface area contributed by atoms with E-state index in [2.05, 4.69) is 15.4 Å². The SMILES string of the molecule is CCOC(=O)Oc1ccc(C(=O)NCCNC(=O)COc2c(C)ccc(C)c2C)cc1. The molecule has 2 rings (SSSR count). The molecule has 0 fully saturated rings. The zero-order chi connectivity index (χ0) is 22.8. The van der Waals surface area contributed by atoms with Crippen LogP contribution in [0.1, 0.15) is 34.0 Å². The Balaban J connectivity index is 1.71. The number of amides is 2. The lowest BCUT2D eigenvalue weighted by molar-refractivity contribution is -0.123. The summed E-state index contributed by atoms with van der Waals surface area (Å²) in [5, 5.41) is 5.41. The second kappa shape index (κ2) is 11.6. The van der Waals surface area contributed by atoms with Crippen molar-refractivity contribution >= 4 is 18.0 Å². The van der Waals surface area contributed by atoms with Crippen LogP contribution in [0.4, 0.5) is 4.79 Å². The number of carbonyl (C=O) groups excluding carboxylic acids is 3. The van der Waals surface area contributed by atoms with Gasteiger partial charge in [0.2, 0.25) is 0 Å². The Hall–Kier alpha value is -3.55. The van der Waals surface area contributed by atoms with E-state index in [1.807, 2.05) is 32.9 Å². The van der Waals surface area contributed by atoms with Gasteiger partial charge in [-0.25, -0.2) is 4.79 Å². The predicted octanol–water partition coefficient (Wildman–Crippen LogP) is 3.07. The number of carbonyl (C=O) groups is 3. The first-order valence-electron chi connectivity index (χ1n) is 10.0. The van der Waals surface area contributed by atoms with Crippen molar-refractivity contribution in [3.63, 3.8) is 0 Å². The van der Waals surface area contributed by atoms with Crippen LogP contribution in [-0.4, -0.2) is 44.3 Å². The van der Waals surface area contributed by atoms with Crippen LogP contribution in [0.3, 0.4) is 0 Å². The van der Waals surface area contributed by atoms with Crippen LogP contribution in [0, 0.1) is 20.8 Å². The van der Waals surface area contributed by atoms with Gasteiger partial charge in [0.25, 0.3) is 11.8 Å². The van der Waals surface area contributed by atoms with E-state index in [1.54, 1.807) is 6.92 Å². The number of hydrogen-bond acceptors (Lipinski definition) is 6. The van der Waals surface area contributed by atoms with Gasteiger partial charge < -0.3 is 24.8 Å². The molecule has 0 atom stereocenters. The lowest BCUT2D eigenvalue weighted by Crippen LogP contribution is -2.36. The maximum Gasteiger partial charge on any atom is 0.513 e. The number of hydrogen-bond donors (Lipinski definition) is 2. The van der Waals surface area contributed by atoms with Crippen molar-refractivity contribution in [2.24, 2.45) is 0 Å². The van der Waals surface area contributed by atoms with Gasteiger partial charge in [0.1, 0.15) is 11.5 Å². The smallest absolute Gasteiger partial charge is 0.483 e. The summed E-state index contributed by atoms with van der Waals surface area (Å²) >= 11 is 0. The summed E-state index contributed by atoms with van der Waals surface area (Å²) in [4.78, 5) is 35.4. The van der Waals surface area contributed by atoms with Gasteiger partial charge in [-0.3, -0.25) is 9.59 Å². The van der Waals surface area contributed by atoms with Crippen molar-refractivity contribution in [3.05, 3.63) is 58.7 Å². The second-order valence-corrected chi connectivity index (χ2v) is 6.86. The molecule has 31 heavy (non-hydrogen) atoms. The van der Waals surface area contributed by atoms with Gasteiger partial charge in [-0.15, -0.1) is 0 Å². The highest BCUT2D eigenvalue weighted by molar-refractivity contribution is 5.94. The third-order valence-electron chi connectivity index (χ3n) is 4.53. The molecule has 8 nitrogen and oxygen atoms in total. The molecule has 0 aliphatic heterocycles. The highest BCUT2D eigenvalue weighted by Crippen LogP contribution is 2.25. The maximum atomic E-state index is 12.2. The molecule has 0 aromatic heterocycles. The van der Waals surface area contributed by atoms with Crippen molar-refractivity contribution in [1.82, 2.24) is 10.6 Å². The van der Waals surface area contributed by atoms with Crippen molar-refractivity contribution in [2.45, 2.75) is 27.7 Å². The van der Waals surface area contributed by atoms with E-state index in [1.165, 1.54) is 24.3 Å². The molecule has 0 saturated carbocycles. The average molecular weight is 428 g/mol. The van der Waals surface area contributed by atoms with Crippen molar-refractivity contribution in [2.75, 3.05) is 26.3 Å². The Morgan fingerprint density at radius 2 is 1.52 bits per heavy atom. The Morgan fingerprint density at radius 1 is 0.871 bits per heavy atom. The Kier molecular flexibility index (Phi) is 8.87. The summed E-state index contributed by atoms with van der Waals surface area (Å²) < 4.78 is 15.3. The van der Waals surface area contributed by atoms with Gasteiger partial charge in [-0.2, -0.15) is 0 Å². The second-order valence-electron chi connectivity index (χ2n) is 6.86. The Labute approximate surface area is 181 Å². The van der Waals surface area contributed by atoms with E-state index in [0.29, 0.717) is 5.56 Å². The first-order chi connectivity index (χ1) is 14.8. The highest BCUT2D eigenvalue weighted by atomic mass is 16.7. The van der Waals surface area contributed by atoms with E-state index < -0.39 is 6.16 Å². The first kappa shape index (κ1) is 23.7. The molecule has 8 heteroatoms. The molecule has 0 unspecified atom stereocenters. The third kappa shape index (κ3) is 7.33. The topological polar surface area (TPSA) is 103 Å². The molecule has 0 bridgehead atoms.